The average molecular weight is 372 g/mol. The summed E-state index contributed by atoms with van der Waals surface area (Å²) in [5, 5.41) is 4.38. The van der Waals surface area contributed by atoms with Crippen molar-refractivity contribution in [2.45, 2.75) is 19.5 Å². The minimum atomic E-state index is -0.301. The lowest BCUT2D eigenvalue weighted by Gasteiger charge is -2.26. The van der Waals surface area contributed by atoms with E-state index in [0.717, 1.165) is 12.0 Å². The molecule has 2 amide bonds. The number of carbonyl (C=O) groups is 2. The van der Waals surface area contributed by atoms with Crippen LogP contribution in [0.4, 0.5) is 4.39 Å². The van der Waals surface area contributed by atoms with Gasteiger partial charge in [-0.05, 0) is 24.1 Å². The van der Waals surface area contributed by atoms with Gasteiger partial charge in [-0.3, -0.25) is 14.3 Å². The Morgan fingerprint density at radius 2 is 1.85 bits per heavy atom. The number of morpholine rings is 1. The second-order valence-corrected chi connectivity index (χ2v) is 6.75. The summed E-state index contributed by atoms with van der Waals surface area (Å²) in [4.78, 5) is 29.0. The molecule has 1 saturated heterocycles. The maximum Gasteiger partial charge on any atom is 0.274 e. The monoisotopic (exact) mass is 372 g/mol. The molecule has 0 aliphatic carbocycles. The Kier molecular flexibility index (Phi) is 4.89. The number of aryl methyl sites for hydroxylation is 1. The number of rotatable bonds is 3. The highest BCUT2D eigenvalue weighted by atomic mass is 19.1. The van der Waals surface area contributed by atoms with E-state index in [4.69, 9.17) is 4.74 Å². The van der Waals surface area contributed by atoms with Crippen molar-refractivity contribution in [3.63, 3.8) is 0 Å². The number of halogens is 1. The Bertz CT molecular complexity index is 843. The molecule has 1 fully saturated rings. The van der Waals surface area contributed by atoms with Crippen molar-refractivity contribution < 1.29 is 18.7 Å². The van der Waals surface area contributed by atoms with E-state index in [-0.39, 0.29) is 17.6 Å². The molecule has 0 spiro atoms. The zero-order chi connectivity index (χ0) is 18.8. The Morgan fingerprint density at radius 1 is 1.11 bits per heavy atom. The van der Waals surface area contributed by atoms with E-state index >= 15 is 0 Å². The highest BCUT2D eigenvalue weighted by molar-refractivity contribution is 5.98. The van der Waals surface area contributed by atoms with Crippen LogP contribution in [-0.4, -0.2) is 64.2 Å². The molecule has 0 saturated carbocycles. The van der Waals surface area contributed by atoms with Crippen LogP contribution in [0.3, 0.4) is 0 Å². The van der Waals surface area contributed by atoms with E-state index in [2.05, 4.69) is 5.10 Å². The van der Waals surface area contributed by atoms with Crippen molar-refractivity contribution in [1.29, 1.82) is 0 Å². The minimum Gasteiger partial charge on any atom is -0.378 e. The molecular formula is C19H21FN4O3. The van der Waals surface area contributed by atoms with E-state index in [1.54, 1.807) is 32.7 Å². The normalized spacial score (nSPS) is 17.6. The van der Waals surface area contributed by atoms with Gasteiger partial charge < -0.3 is 14.5 Å². The van der Waals surface area contributed by atoms with Crippen molar-refractivity contribution in [2.24, 2.45) is 0 Å². The van der Waals surface area contributed by atoms with Crippen LogP contribution in [-0.2, 0) is 17.8 Å². The van der Waals surface area contributed by atoms with Crippen LogP contribution >= 0.6 is 0 Å². The highest BCUT2D eigenvalue weighted by Gasteiger charge is 2.28. The molecule has 1 aromatic heterocycles. The SMILES string of the molecule is O=C(c1cc2n(n1)CCCN(Cc1ccc(F)cc1)C2=O)N1CCOCC1. The molecule has 27 heavy (non-hydrogen) atoms. The van der Waals surface area contributed by atoms with Gasteiger partial charge in [-0.1, -0.05) is 12.1 Å². The summed E-state index contributed by atoms with van der Waals surface area (Å²) in [6, 6.07) is 7.72. The number of ether oxygens (including phenoxy) is 1. The number of amides is 2. The van der Waals surface area contributed by atoms with Crippen molar-refractivity contribution in [2.75, 3.05) is 32.8 Å². The van der Waals surface area contributed by atoms with Crippen LogP contribution in [0.15, 0.2) is 30.3 Å². The fourth-order valence-electron chi connectivity index (χ4n) is 3.43. The lowest BCUT2D eigenvalue weighted by molar-refractivity contribution is 0.0298. The van der Waals surface area contributed by atoms with Gasteiger partial charge in [0, 0.05) is 38.8 Å². The van der Waals surface area contributed by atoms with Crippen LogP contribution in [0.25, 0.3) is 0 Å². The Balaban J connectivity index is 1.53. The molecule has 2 aromatic rings. The molecule has 2 aliphatic rings. The molecule has 7 nitrogen and oxygen atoms in total. The summed E-state index contributed by atoms with van der Waals surface area (Å²) in [5.41, 5.74) is 1.58. The van der Waals surface area contributed by atoms with Gasteiger partial charge in [-0.2, -0.15) is 5.10 Å². The Morgan fingerprint density at radius 3 is 2.59 bits per heavy atom. The van der Waals surface area contributed by atoms with Crippen molar-refractivity contribution in [1.82, 2.24) is 19.6 Å². The van der Waals surface area contributed by atoms with Gasteiger partial charge in [-0.15, -0.1) is 0 Å². The predicted octanol–water partition coefficient (Wildman–Crippen LogP) is 1.54. The third-order valence-corrected chi connectivity index (χ3v) is 4.89. The molecule has 1 aromatic carbocycles. The van der Waals surface area contributed by atoms with Crippen molar-refractivity contribution in [3.05, 3.63) is 53.1 Å². The number of benzene rings is 1. The van der Waals surface area contributed by atoms with Crippen molar-refractivity contribution >= 4 is 11.8 Å². The molecule has 3 heterocycles. The smallest absolute Gasteiger partial charge is 0.274 e. The van der Waals surface area contributed by atoms with E-state index in [1.807, 2.05) is 0 Å². The highest BCUT2D eigenvalue weighted by Crippen LogP contribution is 2.18. The summed E-state index contributed by atoms with van der Waals surface area (Å²) in [5.74, 6) is -0.632. The zero-order valence-corrected chi connectivity index (χ0v) is 14.9. The van der Waals surface area contributed by atoms with E-state index < -0.39 is 0 Å². The number of fused-ring (bicyclic) bond motifs is 1. The fourth-order valence-corrected chi connectivity index (χ4v) is 3.43. The molecule has 2 aliphatic heterocycles. The van der Waals surface area contributed by atoms with Crippen LogP contribution in [0.2, 0.25) is 0 Å². The standard InChI is InChI=1S/C19H21FN4O3/c20-15-4-2-14(3-5-15)13-23-6-1-7-24-17(19(23)26)12-16(21-24)18(25)22-8-10-27-11-9-22/h2-5,12H,1,6-11,13H2. The van der Waals surface area contributed by atoms with Crippen LogP contribution in [0, 0.1) is 5.82 Å². The maximum absolute atomic E-state index is 13.1. The zero-order valence-electron chi connectivity index (χ0n) is 14.9. The fraction of sp³-hybridized carbons (Fsp3) is 0.421. The number of hydrogen-bond acceptors (Lipinski definition) is 4. The quantitative estimate of drug-likeness (QED) is 0.820. The van der Waals surface area contributed by atoms with Crippen LogP contribution < -0.4 is 0 Å². The second kappa shape index (κ2) is 7.48. The maximum atomic E-state index is 13.1. The summed E-state index contributed by atoms with van der Waals surface area (Å²) in [6.07, 6.45) is 0.743. The number of hydrogen-bond donors (Lipinski definition) is 0. The molecule has 0 unspecified atom stereocenters. The van der Waals surface area contributed by atoms with Gasteiger partial charge >= 0.3 is 0 Å². The second-order valence-electron chi connectivity index (χ2n) is 6.75. The third-order valence-electron chi connectivity index (χ3n) is 4.89. The molecular weight excluding hydrogens is 351 g/mol. The molecule has 0 bridgehead atoms. The molecule has 0 radical (unpaired) electrons. The summed E-state index contributed by atoms with van der Waals surface area (Å²) >= 11 is 0. The summed E-state index contributed by atoms with van der Waals surface area (Å²) in [6.45, 7) is 3.67. The van der Waals surface area contributed by atoms with Gasteiger partial charge in [-0.25, -0.2) is 4.39 Å². The molecule has 0 atom stereocenters. The van der Waals surface area contributed by atoms with Crippen LogP contribution in [0.5, 0.6) is 0 Å². The first kappa shape index (κ1) is 17.7. The van der Waals surface area contributed by atoms with E-state index in [1.165, 1.54) is 12.1 Å². The number of aromatic nitrogens is 2. The molecule has 4 rings (SSSR count). The van der Waals surface area contributed by atoms with Gasteiger partial charge in [0.05, 0.1) is 13.2 Å². The molecule has 8 heteroatoms. The molecule has 142 valence electrons. The lowest BCUT2D eigenvalue weighted by Crippen LogP contribution is -2.40. The average Bonchev–Trinajstić information content (AvgIpc) is 3.06. The minimum absolute atomic E-state index is 0.162. The first-order valence-electron chi connectivity index (χ1n) is 9.10. The van der Waals surface area contributed by atoms with E-state index in [9.17, 15) is 14.0 Å². The van der Waals surface area contributed by atoms with Gasteiger partial charge in [0.15, 0.2) is 5.69 Å². The third kappa shape index (κ3) is 3.71. The topological polar surface area (TPSA) is 67.7 Å². The van der Waals surface area contributed by atoms with Crippen molar-refractivity contribution in [3.8, 4) is 0 Å². The first-order chi connectivity index (χ1) is 13.1. The van der Waals surface area contributed by atoms with Gasteiger partial charge in [0.1, 0.15) is 11.5 Å². The number of nitrogens with zero attached hydrogens (tertiary/aromatic N) is 4. The first-order valence-corrected chi connectivity index (χ1v) is 9.10. The van der Waals surface area contributed by atoms with Gasteiger partial charge in [0.25, 0.3) is 11.8 Å². The lowest BCUT2D eigenvalue weighted by atomic mass is 10.2. The Hall–Kier alpha value is -2.74. The van der Waals surface area contributed by atoms with E-state index in [0.29, 0.717) is 57.3 Å². The largest absolute Gasteiger partial charge is 0.378 e. The molecule has 0 N–H and O–H groups in total. The van der Waals surface area contributed by atoms with Gasteiger partial charge in [0.2, 0.25) is 0 Å². The summed E-state index contributed by atoms with van der Waals surface area (Å²) < 4.78 is 20.0. The van der Waals surface area contributed by atoms with Crippen LogP contribution in [0.1, 0.15) is 33.0 Å². The predicted molar refractivity (Wildman–Crippen MR) is 94.7 cm³/mol. The number of carbonyl (C=O) groups excluding carboxylic acids is 2. The Labute approximate surface area is 156 Å². The summed E-state index contributed by atoms with van der Waals surface area (Å²) in [7, 11) is 0.